The van der Waals surface area contributed by atoms with Crippen molar-refractivity contribution in [2.24, 2.45) is 0 Å². The van der Waals surface area contributed by atoms with Crippen molar-refractivity contribution in [1.29, 1.82) is 5.26 Å². The summed E-state index contributed by atoms with van der Waals surface area (Å²) >= 11 is 5.87. The molecule has 0 radical (unpaired) electrons. The highest BCUT2D eigenvalue weighted by Gasteiger charge is 2.31. The highest BCUT2D eigenvalue weighted by Crippen LogP contribution is 2.26. The summed E-state index contributed by atoms with van der Waals surface area (Å²) in [5, 5.41) is 18.5. The normalized spacial score (nSPS) is 11.9. The molecule has 0 saturated heterocycles. The summed E-state index contributed by atoms with van der Waals surface area (Å²) in [4.78, 5) is -0.113. The molecule has 0 unspecified atom stereocenters. The van der Waals surface area contributed by atoms with E-state index in [2.05, 4.69) is 0 Å². The highest BCUT2D eigenvalue weighted by atomic mass is 35.5. The van der Waals surface area contributed by atoms with Crippen LogP contribution in [0, 0.1) is 11.3 Å². The number of nitriles is 1. The van der Waals surface area contributed by atoms with Crippen molar-refractivity contribution in [2.75, 3.05) is 13.2 Å². The molecule has 0 aromatic heterocycles. The van der Waals surface area contributed by atoms with Crippen LogP contribution >= 0.6 is 11.6 Å². The molecular weight excluding hydrogens is 312 g/mol. The predicted octanol–water partition coefficient (Wildman–Crippen LogP) is 2.38. The van der Waals surface area contributed by atoms with Crippen molar-refractivity contribution in [3.05, 3.63) is 28.8 Å². The van der Waals surface area contributed by atoms with Crippen LogP contribution in [0.15, 0.2) is 23.1 Å². The van der Waals surface area contributed by atoms with Crippen LogP contribution in [-0.2, 0) is 10.0 Å². The van der Waals surface area contributed by atoms with Gasteiger partial charge in [-0.1, -0.05) is 25.4 Å². The second-order valence-electron chi connectivity index (χ2n) is 4.56. The number of sulfonamides is 1. The van der Waals surface area contributed by atoms with E-state index in [0.717, 1.165) is 0 Å². The van der Waals surface area contributed by atoms with Gasteiger partial charge in [0.2, 0.25) is 10.0 Å². The van der Waals surface area contributed by atoms with Crippen LogP contribution in [0.2, 0.25) is 5.02 Å². The number of aliphatic hydroxyl groups excluding tert-OH is 1. The monoisotopic (exact) mass is 330 g/mol. The molecule has 1 aromatic carbocycles. The molecule has 5 nitrogen and oxygen atoms in total. The number of nitrogens with zero attached hydrogens (tertiary/aromatic N) is 2. The first-order valence-corrected chi connectivity index (χ1v) is 8.56. The van der Waals surface area contributed by atoms with Gasteiger partial charge in [0, 0.05) is 17.6 Å². The van der Waals surface area contributed by atoms with E-state index in [1.165, 1.54) is 22.5 Å². The van der Waals surface area contributed by atoms with Crippen LogP contribution in [-0.4, -0.2) is 37.0 Å². The van der Waals surface area contributed by atoms with Gasteiger partial charge in [-0.2, -0.15) is 9.57 Å². The molecule has 0 aliphatic rings. The van der Waals surface area contributed by atoms with Crippen LogP contribution in [0.3, 0.4) is 0 Å². The molecule has 0 heterocycles. The minimum Gasteiger partial charge on any atom is -0.395 e. The number of rotatable bonds is 7. The third kappa shape index (κ3) is 3.95. The molecule has 1 rings (SSSR count). The van der Waals surface area contributed by atoms with E-state index in [0.29, 0.717) is 12.8 Å². The Morgan fingerprint density at radius 2 is 2.00 bits per heavy atom. The summed E-state index contributed by atoms with van der Waals surface area (Å²) in [5.74, 6) is 0. The summed E-state index contributed by atoms with van der Waals surface area (Å²) in [7, 11) is -3.89. The van der Waals surface area contributed by atoms with E-state index in [4.69, 9.17) is 16.9 Å². The van der Waals surface area contributed by atoms with Gasteiger partial charge in [0.1, 0.15) is 11.0 Å². The maximum absolute atomic E-state index is 12.8. The maximum atomic E-state index is 12.8. The zero-order valence-electron chi connectivity index (χ0n) is 12.1. The van der Waals surface area contributed by atoms with Crippen LogP contribution in [0.25, 0.3) is 0 Å². The molecule has 1 aromatic rings. The predicted molar refractivity (Wildman–Crippen MR) is 81.5 cm³/mol. The van der Waals surface area contributed by atoms with E-state index in [9.17, 15) is 13.5 Å². The molecule has 0 spiro atoms. The number of aliphatic hydroxyl groups is 1. The fraction of sp³-hybridized carbons (Fsp3) is 0.500. The maximum Gasteiger partial charge on any atom is 0.244 e. The summed E-state index contributed by atoms with van der Waals surface area (Å²) in [6, 6.07) is 5.79. The Labute approximate surface area is 130 Å². The zero-order valence-corrected chi connectivity index (χ0v) is 13.7. The summed E-state index contributed by atoms with van der Waals surface area (Å²) in [5.41, 5.74) is 0.0493. The average molecular weight is 331 g/mol. The van der Waals surface area contributed by atoms with Gasteiger partial charge < -0.3 is 5.11 Å². The van der Waals surface area contributed by atoms with Crippen molar-refractivity contribution < 1.29 is 13.5 Å². The number of halogens is 1. The Kier molecular flexibility index (Phi) is 6.62. The number of benzene rings is 1. The average Bonchev–Trinajstić information content (AvgIpc) is 2.47. The van der Waals surface area contributed by atoms with E-state index in [1.807, 2.05) is 19.9 Å². The SMILES string of the molecule is CCC(CC)N(CCO)S(=O)(=O)c1cc(Cl)ccc1C#N. The van der Waals surface area contributed by atoms with Crippen molar-refractivity contribution in [3.8, 4) is 6.07 Å². The second kappa shape index (κ2) is 7.76. The van der Waals surface area contributed by atoms with Gasteiger partial charge in [0.25, 0.3) is 0 Å². The second-order valence-corrected chi connectivity index (χ2v) is 6.86. The van der Waals surface area contributed by atoms with Gasteiger partial charge in [-0.05, 0) is 31.0 Å². The zero-order chi connectivity index (χ0) is 16.0. The lowest BCUT2D eigenvalue weighted by atomic mass is 10.2. The molecule has 1 N–H and O–H groups in total. The van der Waals surface area contributed by atoms with Crippen molar-refractivity contribution in [3.63, 3.8) is 0 Å². The lowest BCUT2D eigenvalue weighted by molar-refractivity contribution is 0.219. The van der Waals surface area contributed by atoms with Gasteiger partial charge in [-0.15, -0.1) is 0 Å². The molecule has 0 aliphatic carbocycles. The van der Waals surface area contributed by atoms with Gasteiger partial charge in [0.15, 0.2) is 0 Å². The quantitative estimate of drug-likeness (QED) is 0.832. The minimum absolute atomic E-state index is 0.00788. The summed E-state index contributed by atoms with van der Waals surface area (Å²) < 4.78 is 26.9. The van der Waals surface area contributed by atoms with Gasteiger partial charge in [-0.3, -0.25) is 0 Å². The highest BCUT2D eigenvalue weighted by molar-refractivity contribution is 7.89. The Morgan fingerprint density at radius 3 is 2.48 bits per heavy atom. The molecule has 0 aliphatic heterocycles. The standard InChI is InChI=1S/C14H19ClN2O3S/c1-3-13(4-2)17(7-8-18)21(19,20)14-9-12(15)6-5-11(14)10-16/h5-6,9,13,18H,3-4,7-8H2,1-2H3. The van der Waals surface area contributed by atoms with Crippen LogP contribution < -0.4 is 0 Å². The minimum atomic E-state index is -3.89. The lowest BCUT2D eigenvalue weighted by Gasteiger charge is -2.29. The van der Waals surface area contributed by atoms with E-state index >= 15 is 0 Å². The van der Waals surface area contributed by atoms with Crippen LogP contribution in [0.4, 0.5) is 0 Å². The fourth-order valence-corrected chi connectivity index (χ4v) is 4.39. The molecule has 0 fully saturated rings. The molecule has 0 saturated carbocycles. The first kappa shape index (κ1) is 17.9. The van der Waals surface area contributed by atoms with E-state index < -0.39 is 10.0 Å². The molecule has 7 heteroatoms. The molecule has 0 amide bonds. The topological polar surface area (TPSA) is 81.4 Å². The first-order chi connectivity index (χ1) is 9.92. The summed E-state index contributed by atoms with van der Waals surface area (Å²) in [6.45, 7) is 3.48. The van der Waals surface area contributed by atoms with Gasteiger partial charge in [0.05, 0.1) is 12.2 Å². The molecule has 0 atom stereocenters. The van der Waals surface area contributed by atoms with E-state index in [1.54, 1.807) is 0 Å². The Hall–Kier alpha value is -1.13. The van der Waals surface area contributed by atoms with Crippen LogP contribution in [0.1, 0.15) is 32.3 Å². The molecule has 21 heavy (non-hydrogen) atoms. The fourth-order valence-electron chi connectivity index (χ4n) is 2.22. The lowest BCUT2D eigenvalue weighted by Crippen LogP contribution is -2.41. The Balaban J connectivity index is 3.42. The van der Waals surface area contributed by atoms with E-state index in [-0.39, 0.29) is 34.7 Å². The molecule has 0 bridgehead atoms. The third-order valence-electron chi connectivity index (χ3n) is 3.32. The molecule has 116 valence electrons. The van der Waals surface area contributed by atoms with Gasteiger partial charge in [-0.25, -0.2) is 8.42 Å². The first-order valence-electron chi connectivity index (χ1n) is 6.74. The molecular formula is C14H19ClN2O3S. The number of hydrogen-bond acceptors (Lipinski definition) is 4. The van der Waals surface area contributed by atoms with Crippen molar-refractivity contribution in [1.82, 2.24) is 4.31 Å². The van der Waals surface area contributed by atoms with Gasteiger partial charge >= 0.3 is 0 Å². The van der Waals surface area contributed by atoms with Crippen LogP contribution in [0.5, 0.6) is 0 Å². The van der Waals surface area contributed by atoms with Crippen molar-refractivity contribution in [2.45, 2.75) is 37.6 Å². The smallest absolute Gasteiger partial charge is 0.244 e. The summed E-state index contributed by atoms with van der Waals surface area (Å²) in [6.07, 6.45) is 1.25. The third-order valence-corrected chi connectivity index (χ3v) is 5.55. The Bertz CT molecular complexity index is 622. The van der Waals surface area contributed by atoms with Crippen molar-refractivity contribution >= 4 is 21.6 Å². The Morgan fingerprint density at radius 1 is 1.38 bits per heavy atom. The largest absolute Gasteiger partial charge is 0.395 e. The number of hydrogen-bond donors (Lipinski definition) is 1.